The first-order valence-electron chi connectivity index (χ1n) is 9.45. The minimum atomic E-state index is -0.0144. The summed E-state index contributed by atoms with van der Waals surface area (Å²) in [6, 6.07) is 3.96. The Morgan fingerprint density at radius 3 is 3.11 bits per heavy atom. The Kier molecular flexibility index (Phi) is 3.80. The van der Waals surface area contributed by atoms with E-state index >= 15 is 0 Å². The number of nitrogens with zero attached hydrogens (tertiary/aromatic N) is 7. The van der Waals surface area contributed by atoms with E-state index < -0.39 is 0 Å². The number of fused-ring (bicyclic) bond motifs is 2. The summed E-state index contributed by atoms with van der Waals surface area (Å²) in [5, 5.41) is 20.0. The van der Waals surface area contributed by atoms with Crippen LogP contribution in [0.5, 0.6) is 0 Å². The quantitative estimate of drug-likeness (QED) is 0.741. The van der Waals surface area contributed by atoms with Crippen molar-refractivity contribution in [3.05, 3.63) is 35.9 Å². The fraction of sp³-hybridized carbons (Fsp3) is 0.500. The Morgan fingerprint density at radius 1 is 1.26 bits per heavy atom. The van der Waals surface area contributed by atoms with Crippen LogP contribution in [0.4, 0.5) is 5.82 Å². The van der Waals surface area contributed by atoms with E-state index in [-0.39, 0.29) is 11.9 Å². The maximum absolute atomic E-state index is 12.8. The summed E-state index contributed by atoms with van der Waals surface area (Å²) in [6.07, 6.45) is 6.25. The summed E-state index contributed by atoms with van der Waals surface area (Å²) >= 11 is 0. The van der Waals surface area contributed by atoms with Crippen LogP contribution in [0.25, 0.3) is 5.65 Å². The Balaban J connectivity index is 1.27. The molecule has 140 valence electrons. The number of hydrogen-bond acceptors (Lipinski definition) is 6. The zero-order valence-corrected chi connectivity index (χ0v) is 15.2. The zero-order valence-electron chi connectivity index (χ0n) is 15.2. The fourth-order valence-electron chi connectivity index (χ4n) is 4.02. The summed E-state index contributed by atoms with van der Waals surface area (Å²) in [4.78, 5) is 15.0. The number of carbonyl (C=O) groups excluding carboxylic acids is 1. The summed E-state index contributed by atoms with van der Waals surface area (Å²) in [6.45, 7) is 4.73. The van der Waals surface area contributed by atoms with E-state index in [1.165, 1.54) is 0 Å². The third-order valence-corrected chi connectivity index (χ3v) is 5.56. The highest BCUT2D eigenvalue weighted by Crippen LogP contribution is 2.23. The second-order valence-corrected chi connectivity index (χ2v) is 7.56. The van der Waals surface area contributed by atoms with Crippen molar-refractivity contribution in [3.63, 3.8) is 0 Å². The van der Waals surface area contributed by atoms with Crippen molar-refractivity contribution >= 4 is 17.4 Å². The minimum absolute atomic E-state index is 0.0144. The van der Waals surface area contributed by atoms with E-state index in [1.807, 2.05) is 16.8 Å². The van der Waals surface area contributed by atoms with E-state index in [0.717, 1.165) is 61.6 Å². The lowest BCUT2D eigenvalue weighted by molar-refractivity contribution is 0.0938. The number of amides is 1. The lowest BCUT2D eigenvalue weighted by Crippen LogP contribution is -2.37. The molecule has 3 aromatic rings. The van der Waals surface area contributed by atoms with E-state index in [4.69, 9.17) is 0 Å². The molecule has 2 atom stereocenters. The average Bonchev–Trinajstić information content (AvgIpc) is 3.39. The highest BCUT2D eigenvalue weighted by Gasteiger charge is 2.28. The molecule has 1 N–H and O–H groups in total. The molecule has 0 saturated carbocycles. The molecule has 27 heavy (non-hydrogen) atoms. The van der Waals surface area contributed by atoms with Gasteiger partial charge in [0.2, 0.25) is 0 Å². The van der Waals surface area contributed by atoms with Gasteiger partial charge in [0.15, 0.2) is 5.65 Å². The van der Waals surface area contributed by atoms with Crippen LogP contribution in [0.3, 0.4) is 0 Å². The molecular weight excluding hydrogens is 344 g/mol. The summed E-state index contributed by atoms with van der Waals surface area (Å²) in [5.74, 6) is 1.46. The molecule has 2 aliphatic heterocycles. The normalized spacial score (nSPS) is 22.2. The molecule has 0 aromatic carbocycles. The van der Waals surface area contributed by atoms with Crippen molar-refractivity contribution in [1.29, 1.82) is 0 Å². The van der Waals surface area contributed by atoms with E-state index in [0.29, 0.717) is 5.92 Å². The van der Waals surface area contributed by atoms with Gasteiger partial charge in [0, 0.05) is 25.7 Å². The lowest BCUT2D eigenvalue weighted by atomic mass is 9.96. The predicted molar refractivity (Wildman–Crippen MR) is 98.6 cm³/mol. The van der Waals surface area contributed by atoms with Crippen molar-refractivity contribution < 1.29 is 4.79 Å². The van der Waals surface area contributed by atoms with Gasteiger partial charge in [0.1, 0.15) is 12.1 Å². The number of nitrogens with one attached hydrogen (secondary N) is 1. The molecule has 3 aromatic heterocycles. The smallest absolute Gasteiger partial charge is 0.255 e. The van der Waals surface area contributed by atoms with Crippen molar-refractivity contribution in [2.45, 2.75) is 38.8 Å². The molecule has 0 spiro atoms. The molecular formula is C18H22N8O. The van der Waals surface area contributed by atoms with Crippen LogP contribution in [-0.2, 0) is 13.0 Å². The topological polar surface area (TPSA) is 93.2 Å². The molecule has 2 aliphatic rings. The SMILES string of the molecule is CC1CCn2ncc(C(=O)NC3CCN(c4ccc5nncn5n4)C3)c2C1. The summed E-state index contributed by atoms with van der Waals surface area (Å²) in [5.41, 5.74) is 2.52. The Labute approximate surface area is 156 Å². The van der Waals surface area contributed by atoms with Crippen molar-refractivity contribution in [2.24, 2.45) is 5.92 Å². The van der Waals surface area contributed by atoms with Crippen LogP contribution in [-0.4, -0.2) is 54.6 Å². The molecule has 1 fully saturated rings. The van der Waals surface area contributed by atoms with Crippen LogP contribution in [0.15, 0.2) is 24.7 Å². The van der Waals surface area contributed by atoms with Gasteiger partial charge in [-0.15, -0.1) is 15.3 Å². The van der Waals surface area contributed by atoms with Gasteiger partial charge < -0.3 is 10.2 Å². The lowest BCUT2D eigenvalue weighted by Gasteiger charge is -2.21. The second kappa shape index (κ2) is 6.33. The standard InChI is InChI=1S/C18H22N8O/c1-12-4-7-25-15(8-12)14(9-20-25)18(27)21-13-5-6-24(10-13)17-3-2-16-22-19-11-26(16)23-17/h2-3,9,11-13H,4-8,10H2,1H3,(H,21,27). The summed E-state index contributed by atoms with van der Waals surface area (Å²) in [7, 11) is 0. The Morgan fingerprint density at radius 2 is 2.19 bits per heavy atom. The van der Waals surface area contributed by atoms with Gasteiger partial charge in [-0.1, -0.05) is 6.92 Å². The number of anilines is 1. The first-order chi connectivity index (χ1) is 13.2. The molecule has 5 rings (SSSR count). The largest absolute Gasteiger partial charge is 0.353 e. The number of aromatic nitrogens is 6. The van der Waals surface area contributed by atoms with Crippen LogP contribution >= 0.6 is 0 Å². The van der Waals surface area contributed by atoms with Gasteiger partial charge in [-0.2, -0.15) is 9.61 Å². The van der Waals surface area contributed by atoms with Gasteiger partial charge in [-0.3, -0.25) is 9.48 Å². The number of hydrogen-bond donors (Lipinski definition) is 1. The summed E-state index contributed by atoms with van der Waals surface area (Å²) < 4.78 is 3.65. The van der Waals surface area contributed by atoms with Crippen molar-refractivity contribution in [2.75, 3.05) is 18.0 Å². The van der Waals surface area contributed by atoms with Crippen LogP contribution in [0.1, 0.15) is 35.8 Å². The number of carbonyl (C=O) groups is 1. The van der Waals surface area contributed by atoms with Crippen LogP contribution in [0, 0.1) is 5.92 Å². The third-order valence-electron chi connectivity index (χ3n) is 5.56. The minimum Gasteiger partial charge on any atom is -0.353 e. The highest BCUT2D eigenvalue weighted by molar-refractivity contribution is 5.95. The van der Waals surface area contributed by atoms with Gasteiger partial charge in [-0.25, -0.2) is 0 Å². The van der Waals surface area contributed by atoms with Crippen molar-refractivity contribution in [1.82, 2.24) is 34.9 Å². The molecule has 9 heteroatoms. The molecule has 1 saturated heterocycles. The molecule has 9 nitrogen and oxygen atoms in total. The van der Waals surface area contributed by atoms with Gasteiger partial charge >= 0.3 is 0 Å². The monoisotopic (exact) mass is 366 g/mol. The first kappa shape index (κ1) is 16.2. The van der Waals surface area contributed by atoms with Gasteiger partial charge in [0.05, 0.1) is 17.5 Å². The third kappa shape index (κ3) is 2.92. The van der Waals surface area contributed by atoms with Crippen LogP contribution < -0.4 is 10.2 Å². The van der Waals surface area contributed by atoms with Gasteiger partial charge in [-0.05, 0) is 37.3 Å². The van der Waals surface area contributed by atoms with Gasteiger partial charge in [0.25, 0.3) is 5.91 Å². The second-order valence-electron chi connectivity index (χ2n) is 7.56. The predicted octanol–water partition coefficient (Wildman–Crippen LogP) is 0.912. The number of aryl methyl sites for hydroxylation is 1. The molecule has 5 heterocycles. The fourth-order valence-corrected chi connectivity index (χ4v) is 4.02. The Bertz CT molecular complexity index is 992. The molecule has 0 radical (unpaired) electrons. The van der Waals surface area contributed by atoms with E-state index in [1.54, 1.807) is 17.0 Å². The van der Waals surface area contributed by atoms with Crippen LogP contribution in [0.2, 0.25) is 0 Å². The van der Waals surface area contributed by atoms with Crippen molar-refractivity contribution in [3.8, 4) is 0 Å². The molecule has 1 amide bonds. The molecule has 0 aliphatic carbocycles. The zero-order chi connectivity index (χ0) is 18.4. The first-order valence-corrected chi connectivity index (χ1v) is 9.45. The molecule has 0 bridgehead atoms. The van der Waals surface area contributed by atoms with E-state index in [9.17, 15) is 4.79 Å². The van der Waals surface area contributed by atoms with E-state index in [2.05, 4.69) is 37.5 Å². The average molecular weight is 366 g/mol. The Hall–Kier alpha value is -2.97. The maximum atomic E-state index is 12.8. The number of rotatable bonds is 3. The maximum Gasteiger partial charge on any atom is 0.255 e. The highest BCUT2D eigenvalue weighted by atomic mass is 16.1. The molecule has 2 unspecified atom stereocenters.